The third-order valence-corrected chi connectivity index (χ3v) is 3.16. The van der Waals surface area contributed by atoms with Gasteiger partial charge in [0.1, 0.15) is 6.10 Å². The summed E-state index contributed by atoms with van der Waals surface area (Å²) >= 11 is 0. The number of benzene rings is 1. The van der Waals surface area contributed by atoms with E-state index in [-0.39, 0.29) is 12.3 Å². The number of amides is 1. The molecule has 1 amide bonds. The minimum atomic E-state index is -1.03. The second kappa shape index (κ2) is 6.45. The van der Waals surface area contributed by atoms with Crippen LogP contribution in [0.2, 0.25) is 0 Å². The minimum Gasteiger partial charge on any atom is -0.390 e. The van der Waals surface area contributed by atoms with Crippen LogP contribution in [0.15, 0.2) is 36.5 Å². The maximum absolute atomic E-state index is 10.8. The van der Waals surface area contributed by atoms with Crippen LogP contribution < -0.4 is 5.32 Å². The summed E-state index contributed by atoms with van der Waals surface area (Å²) in [5.41, 5.74) is 1.28. The number of hydrogen-bond acceptors (Lipinski definition) is 4. The van der Waals surface area contributed by atoms with Gasteiger partial charge in [-0.1, -0.05) is 24.3 Å². The standard InChI is InChI=1S/C15H18N2O3/c1-10(18)16-9-7-13(19)15(20)12-6-2-4-11-5-3-8-17-14(11)12/h2-6,8,13,15,19-20H,7,9H2,1H3,(H,16,18). The number of carbonyl (C=O) groups excluding carboxylic acids is 1. The first-order valence-corrected chi connectivity index (χ1v) is 6.54. The number of hydrogen-bond donors (Lipinski definition) is 3. The Bertz CT molecular complexity index is 595. The number of rotatable bonds is 5. The van der Waals surface area contributed by atoms with Crippen molar-refractivity contribution in [1.82, 2.24) is 10.3 Å². The van der Waals surface area contributed by atoms with Gasteiger partial charge in [0.2, 0.25) is 5.91 Å². The number of carbonyl (C=O) groups is 1. The molecule has 20 heavy (non-hydrogen) atoms. The lowest BCUT2D eigenvalue weighted by Gasteiger charge is -2.19. The monoisotopic (exact) mass is 274 g/mol. The summed E-state index contributed by atoms with van der Waals surface area (Å²) in [4.78, 5) is 15.0. The van der Waals surface area contributed by atoms with E-state index in [9.17, 15) is 15.0 Å². The number of fused-ring (bicyclic) bond motifs is 1. The van der Waals surface area contributed by atoms with Gasteiger partial charge in [-0.15, -0.1) is 0 Å². The number of aliphatic hydroxyl groups excluding tert-OH is 2. The summed E-state index contributed by atoms with van der Waals surface area (Å²) in [5.74, 6) is -0.154. The first-order chi connectivity index (χ1) is 9.59. The average Bonchev–Trinajstić information content (AvgIpc) is 2.45. The lowest BCUT2D eigenvalue weighted by molar-refractivity contribution is -0.119. The van der Waals surface area contributed by atoms with E-state index in [4.69, 9.17) is 0 Å². The van der Waals surface area contributed by atoms with Gasteiger partial charge in [0.15, 0.2) is 0 Å². The number of pyridine rings is 1. The van der Waals surface area contributed by atoms with Gasteiger partial charge in [-0.25, -0.2) is 0 Å². The molecule has 2 aromatic rings. The summed E-state index contributed by atoms with van der Waals surface area (Å²) in [7, 11) is 0. The van der Waals surface area contributed by atoms with Crippen molar-refractivity contribution in [3.63, 3.8) is 0 Å². The maximum Gasteiger partial charge on any atom is 0.216 e. The third-order valence-electron chi connectivity index (χ3n) is 3.16. The molecule has 2 unspecified atom stereocenters. The van der Waals surface area contributed by atoms with Gasteiger partial charge in [0, 0.05) is 30.6 Å². The van der Waals surface area contributed by atoms with Gasteiger partial charge >= 0.3 is 0 Å². The lowest BCUT2D eigenvalue weighted by atomic mass is 9.99. The van der Waals surface area contributed by atoms with Gasteiger partial charge < -0.3 is 15.5 Å². The molecule has 0 aliphatic carbocycles. The highest BCUT2D eigenvalue weighted by Gasteiger charge is 2.20. The smallest absolute Gasteiger partial charge is 0.216 e. The summed E-state index contributed by atoms with van der Waals surface area (Å²) < 4.78 is 0. The van der Waals surface area contributed by atoms with E-state index in [1.54, 1.807) is 12.3 Å². The molecule has 0 aliphatic heterocycles. The zero-order valence-electron chi connectivity index (χ0n) is 11.3. The van der Waals surface area contributed by atoms with Gasteiger partial charge in [0.25, 0.3) is 0 Å². The molecule has 1 heterocycles. The first kappa shape index (κ1) is 14.4. The summed E-state index contributed by atoms with van der Waals surface area (Å²) in [6, 6.07) is 9.21. The first-order valence-electron chi connectivity index (χ1n) is 6.54. The zero-order valence-corrected chi connectivity index (χ0v) is 11.3. The van der Waals surface area contributed by atoms with Crippen LogP contribution in [0.1, 0.15) is 25.0 Å². The van der Waals surface area contributed by atoms with E-state index >= 15 is 0 Å². The fourth-order valence-corrected chi connectivity index (χ4v) is 2.13. The maximum atomic E-state index is 10.8. The van der Waals surface area contributed by atoms with Crippen LogP contribution in [0.25, 0.3) is 10.9 Å². The Balaban J connectivity index is 2.14. The van der Waals surface area contributed by atoms with E-state index < -0.39 is 12.2 Å². The minimum absolute atomic E-state index is 0.154. The van der Waals surface area contributed by atoms with Crippen LogP contribution in [0.5, 0.6) is 0 Å². The Morgan fingerprint density at radius 1 is 1.30 bits per heavy atom. The number of aromatic nitrogens is 1. The Morgan fingerprint density at radius 2 is 2.05 bits per heavy atom. The van der Waals surface area contributed by atoms with E-state index in [0.29, 0.717) is 17.6 Å². The molecule has 3 N–H and O–H groups in total. The Hall–Kier alpha value is -1.98. The van der Waals surface area contributed by atoms with Gasteiger partial charge in [0.05, 0.1) is 11.6 Å². The van der Waals surface area contributed by atoms with Gasteiger partial charge in [-0.2, -0.15) is 0 Å². The highest BCUT2D eigenvalue weighted by atomic mass is 16.3. The van der Waals surface area contributed by atoms with Crippen molar-refractivity contribution in [3.8, 4) is 0 Å². The summed E-state index contributed by atoms with van der Waals surface area (Å²) in [5, 5.41) is 23.8. The second-order valence-electron chi connectivity index (χ2n) is 4.71. The molecule has 2 atom stereocenters. The predicted molar refractivity (Wildman–Crippen MR) is 76.0 cm³/mol. The van der Waals surface area contributed by atoms with Crippen molar-refractivity contribution in [1.29, 1.82) is 0 Å². The molecule has 106 valence electrons. The normalized spacial score (nSPS) is 13.9. The van der Waals surface area contributed by atoms with E-state index in [0.717, 1.165) is 5.39 Å². The third kappa shape index (κ3) is 3.31. The van der Waals surface area contributed by atoms with Gasteiger partial charge in [-0.3, -0.25) is 9.78 Å². The molecule has 0 spiro atoms. The molecule has 0 saturated heterocycles. The zero-order chi connectivity index (χ0) is 14.5. The van der Waals surface area contributed by atoms with Crippen molar-refractivity contribution < 1.29 is 15.0 Å². The van der Waals surface area contributed by atoms with Crippen LogP contribution in [0.3, 0.4) is 0 Å². The van der Waals surface area contributed by atoms with Crippen molar-refractivity contribution in [3.05, 3.63) is 42.1 Å². The van der Waals surface area contributed by atoms with E-state index in [2.05, 4.69) is 10.3 Å². The molecule has 0 radical (unpaired) electrons. The molecular weight excluding hydrogens is 256 g/mol. The van der Waals surface area contributed by atoms with Crippen molar-refractivity contribution >= 4 is 16.8 Å². The molecule has 0 aliphatic rings. The molecule has 0 saturated carbocycles. The Morgan fingerprint density at radius 3 is 2.80 bits per heavy atom. The molecule has 1 aromatic heterocycles. The van der Waals surface area contributed by atoms with Crippen molar-refractivity contribution in [2.75, 3.05) is 6.54 Å². The molecule has 0 fully saturated rings. The largest absolute Gasteiger partial charge is 0.390 e. The van der Waals surface area contributed by atoms with Crippen molar-refractivity contribution in [2.24, 2.45) is 0 Å². The molecule has 2 rings (SSSR count). The summed E-state index contributed by atoms with van der Waals surface area (Å²) in [6.45, 7) is 1.74. The van der Waals surface area contributed by atoms with Gasteiger partial charge in [-0.05, 0) is 12.5 Å². The highest BCUT2D eigenvalue weighted by Crippen LogP contribution is 2.25. The topological polar surface area (TPSA) is 82.5 Å². The fraction of sp³-hybridized carbons (Fsp3) is 0.333. The number of nitrogens with one attached hydrogen (secondary N) is 1. The number of aliphatic hydroxyl groups is 2. The number of para-hydroxylation sites is 1. The molecular formula is C15H18N2O3. The predicted octanol–water partition coefficient (Wildman–Crippen LogP) is 1.16. The van der Waals surface area contributed by atoms with Crippen LogP contribution in [-0.4, -0.2) is 33.8 Å². The van der Waals surface area contributed by atoms with Crippen LogP contribution in [0.4, 0.5) is 0 Å². The quantitative estimate of drug-likeness (QED) is 0.764. The van der Waals surface area contributed by atoms with E-state index in [1.807, 2.05) is 24.3 Å². The lowest BCUT2D eigenvalue weighted by Crippen LogP contribution is -2.27. The van der Waals surface area contributed by atoms with Crippen LogP contribution in [0, 0.1) is 0 Å². The average molecular weight is 274 g/mol. The Kier molecular flexibility index (Phi) is 4.65. The van der Waals surface area contributed by atoms with Crippen LogP contribution in [-0.2, 0) is 4.79 Å². The highest BCUT2D eigenvalue weighted by molar-refractivity contribution is 5.81. The van der Waals surface area contributed by atoms with Crippen LogP contribution >= 0.6 is 0 Å². The molecule has 1 aromatic carbocycles. The fourth-order valence-electron chi connectivity index (χ4n) is 2.13. The molecule has 5 nitrogen and oxygen atoms in total. The summed E-state index contributed by atoms with van der Waals surface area (Å²) in [6.07, 6.45) is -0.0385. The van der Waals surface area contributed by atoms with E-state index in [1.165, 1.54) is 6.92 Å². The molecule has 0 bridgehead atoms. The number of nitrogens with zero attached hydrogens (tertiary/aromatic N) is 1. The van der Waals surface area contributed by atoms with Crippen molar-refractivity contribution in [2.45, 2.75) is 25.6 Å². The second-order valence-corrected chi connectivity index (χ2v) is 4.71. The SMILES string of the molecule is CC(=O)NCCC(O)C(O)c1cccc2cccnc12. The molecule has 5 heteroatoms. The Labute approximate surface area is 117 Å².